The fraction of sp³-hybridized carbons (Fsp3) is 0.125. The molecule has 2 heterocycles. The highest BCUT2D eigenvalue weighted by Gasteiger charge is 2.24. The molecule has 0 aliphatic carbocycles. The number of nitrogens with zero attached hydrogens (tertiary/aromatic N) is 2. The van der Waals surface area contributed by atoms with Crippen molar-refractivity contribution in [2.24, 2.45) is 0 Å². The highest BCUT2D eigenvalue weighted by atomic mass is 32.2. The zero-order valence-electron chi connectivity index (χ0n) is 18.0. The average molecular weight is 464 g/mol. The van der Waals surface area contributed by atoms with Gasteiger partial charge < -0.3 is 14.6 Å². The number of carbonyl (C=O) groups is 1. The molecule has 0 saturated heterocycles. The van der Waals surface area contributed by atoms with E-state index in [-0.39, 0.29) is 22.5 Å². The van der Waals surface area contributed by atoms with Gasteiger partial charge in [-0.2, -0.15) is 0 Å². The molecule has 0 unspecified atom stereocenters. The second-order valence-electron chi connectivity index (χ2n) is 7.37. The van der Waals surface area contributed by atoms with E-state index in [0.29, 0.717) is 17.1 Å². The SMILES string of the molecule is COc1cccc(NC(=O)Cn2cc(S(=O)(=O)c3ccccc3)c(=O)c3ccc(C)nc32)c1. The van der Waals surface area contributed by atoms with Gasteiger partial charge in [0.05, 0.1) is 17.4 Å². The maximum Gasteiger partial charge on any atom is 0.244 e. The number of nitrogens with one attached hydrogen (secondary N) is 1. The van der Waals surface area contributed by atoms with E-state index in [1.807, 2.05) is 0 Å². The molecule has 0 radical (unpaired) electrons. The molecule has 1 N–H and O–H groups in total. The molecule has 9 heteroatoms. The van der Waals surface area contributed by atoms with Crippen LogP contribution >= 0.6 is 0 Å². The topological polar surface area (TPSA) is 107 Å². The average Bonchev–Trinajstić information content (AvgIpc) is 2.81. The number of amides is 1. The van der Waals surface area contributed by atoms with Gasteiger partial charge in [-0.25, -0.2) is 13.4 Å². The Balaban J connectivity index is 1.80. The third-order valence-corrected chi connectivity index (χ3v) is 6.80. The van der Waals surface area contributed by atoms with Crippen molar-refractivity contribution in [1.29, 1.82) is 0 Å². The van der Waals surface area contributed by atoms with Gasteiger partial charge in [-0.05, 0) is 43.3 Å². The van der Waals surface area contributed by atoms with E-state index in [0.717, 1.165) is 0 Å². The maximum atomic E-state index is 13.2. The molecule has 0 fully saturated rings. The van der Waals surface area contributed by atoms with Gasteiger partial charge in [-0.3, -0.25) is 9.59 Å². The molecule has 0 aliphatic rings. The monoisotopic (exact) mass is 463 g/mol. The van der Waals surface area contributed by atoms with Crippen molar-refractivity contribution in [2.75, 3.05) is 12.4 Å². The van der Waals surface area contributed by atoms with Gasteiger partial charge in [0.1, 0.15) is 22.8 Å². The van der Waals surface area contributed by atoms with E-state index >= 15 is 0 Å². The summed E-state index contributed by atoms with van der Waals surface area (Å²) < 4.78 is 33.0. The summed E-state index contributed by atoms with van der Waals surface area (Å²) >= 11 is 0. The normalized spacial score (nSPS) is 11.3. The number of benzene rings is 2. The van der Waals surface area contributed by atoms with Crippen molar-refractivity contribution in [2.45, 2.75) is 23.3 Å². The minimum atomic E-state index is -4.11. The smallest absolute Gasteiger partial charge is 0.244 e. The summed E-state index contributed by atoms with van der Waals surface area (Å²) in [7, 11) is -2.58. The minimum absolute atomic E-state index is 0.00565. The van der Waals surface area contributed by atoms with Crippen molar-refractivity contribution in [3.8, 4) is 5.75 Å². The van der Waals surface area contributed by atoms with Crippen LogP contribution in [-0.2, 0) is 21.2 Å². The molecular formula is C24H21N3O5S. The van der Waals surface area contributed by atoms with E-state index in [4.69, 9.17) is 4.74 Å². The molecule has 33 heavy (non-hydrogen) atoms. The zero-order chi connectivity index (χ0) is 23.6. The molecule has 0 bridgehead atoms. The fourth-order valence-corrected chi connectivity index (χ4v) is 4.82. The standard InChI is InChI=1S/C24H21N3O5S/c1-16-11-12-20-23(29)21(33(30,31)19-9-4-3-5-10-19)14-27(24(20)25-16)15-22(28)26-17-7-6-8-18(13-17)32-2/h3-14H,15H2,1-2H3,(H,26,28). The lowest BCUT2D eigenvalue weighted by Gasteiger charge is -2.14. The van der Waals surface area contributed by atoms with Crippen LogP contribution in [0.3, 0.4) is 0 Å². The summed E-state index contributed by atoms with van der Waals surface area (Å²) in [5, 5.41) is 2.87. The van der Waals surface area contributed by atoms with Gasteiger partial charge in [0.2, 0.25) is 21.2 Å². The van der Waals surface area contributed by atoms with E-state index < -0.39 is 26.1 Å². The first-order valence-corrected chi connectivity index (χ1v) is 11.5. The highest BCUT2D eigenvalue weighted by molar-refractivity contribution is 7.91. The largest absolute Gasteiger partial charge is 0.497 e. The Morgan fingerprint density at radius 3 is 2.55 bits per heavy atom. The van der Waals surface area contributed by atoms with Crippen molar-refractivity contribution in [1.82, 2.24) is 9.55 Å². The predicted octanol–water partition coefficient (Wildman–Crippen LogP) is 3.19. The molecule has 0 saturated carbocycles. The molecular weight excluding hydrogens is 442 g/mol. The number of aromatic nitrogens is 2. The summed E-state index contributed by atoms with van der Waals surface area (Å²) in [5.74, 6) is 0.162. The van der Waals surface area contributed by atoms with Crippen LogP contribution in [0.25, 0.3) is 11.0 Å². The minimum Gasteiger partial charge on any atom is -0.497 e. The first kappa shape index (κ1) is 22.2. The Kier molecular flexibility index (Phi) is 5.97. The van der Waals surface area contributed by atoms with Crippen molar-refractivity contribution >= 4 is 32.5 Å². The third-order valence-electron chi connectivity index (χ3n) is 5.04. The van der Waals surface area contributed by atoms with Crippen LogP contribution in [0.15, 0.2) is 87.5 Å². The molecule has 1 amide bonds. The van der Waals surface area contributed by atoms with Gasteiger partial charge in [0, 0.05) is 23.6 Å². The van der Waals surface area contributed by atoms with Crippen molar-refractivity contribution in [3.05, 3.63) is 88.8 Å². The first-order chi connectivity index (χ1) is 15.8. The second-order valence-corrected chi connectivity index (χ2v) is 9.29. The Bertz CT molecular complexity index is 1510. The lowest BCUT2D eigenvalue weighted by atomic mass is 10.2. The number of anilines is 1. The summed E-state index contributed by atoms with van der Waals surface area (Å²) in [6, 6.07) is 17.7. The van der Waals surface area contributed by atoms with E-state index in [2.05, 4.69) is 10.3 Å². The Labute approximate surface area is 190 Å². The van der Waals surface area contributed by atoms with Crippen molar-refractivity contribution < 1.29 is 17.9 Å². The number of ether oxygens (including phenoxy) is 1. The molecule has 2 aromatic carbocycles. The Morgan fingerprint density at radius 1 is 1.06 bits per heavy atom. The lowest BCUT2D eigenvalue weighted by Crippen LogP contribution is -2.24. The van der Waals surface area contributed by atoms with E-state index in [1.165, 1.54) is 36.1 Å². The summed E-state index contributed by atoms with van der Waals surface area (Å²) in [6.45, 7) is 1.50. The fourth-order valence-electron chi connectivity index (χ4n) is 3.43. The van der Waals surface area contributed by atoms with Crippen LogP contribution in [0.5, 0.6) is 5.75 Å². The maximum absolute atomic E-state index is 13.2. The molecule has 8 nitrogen and oxygen atoms in total. The predicted molar refractivity (Wildman–Crippen MR) is 124 cm³/mol. The van der Waals surface area contributed by atoms with Crippen LogP contribution in [0.2, 0.25) is 0 Å². The second kappa shape index (κ2) is 8.87. The lowest BCUT2D eigenvalue weighted by molar-refractivity contribution is -0.116. The van der Waals surface area contributed by atoms with Gasteiger partial charge in [-0.1, -0.05) is 24.3 Å². The molecule has 2 aromatic heterocycles. The number of hydrogen-bond acceptors (Lipinski definition) is 6. The number of fused-ring (bicyclic) bond motifs is 1. The number of sulfone groups is 1. The molecule has 4 aromatic rings. The summed E-state index contributed by atoms with van der Waals surface area (Å²) in [4.78, 5) is 29.9. The Hall–Kier alpha value is -3.98. The zero-order valence-corrected chi connectivity index (χ0v) is 18.8. The van der Waals surface area contributed by atoms with Gasteiger partial charge in [-0.15, -0.1) is 0 Å². The van der Waals surface area contributed by atoms with Crippen LogP contribution in [0, 0.1) is 6.92 Å². The van der Waals surface area contributed by atoms with Crippen LogP contribution < -0.4 is 15.5 Å². The quantitative estimate of drug-likeness (QED) is 0.471. The highest BCUT2D eigenvalue weighted by Crippen LogP contribution is 2.21. The van der Waals surface area contributed by atoms with Crippen molar-refractivity contribution in [3.63, 3.8) is 0 Å². The molecule has 0 aliphatic heterocycles. The Morgan fingerprint density at radius 2 is 1.82 bits per heavy atom. The molecule has 168 valence electrons. The van der Waals surface area contributed by atoms with Gasteiger partial charge in [0.25, 0.3) is 0 Å². The number of rotatable bonds is 6. The van der Waals surface area contributed by atoms with Crippen LogP contribution in [0.4, 0.5) is 5.69 Å². The van der Waals surface area contributed by atoms with Crippen LogP contribution in [0.1, 0.15) is 5.69 Å². The number of aryl methyl sites for hydroxylation is 1. The van der Waals surface area contributed by atoms with E-state index in [1.54, 1.807) is 55.5 Å². The number of pyridine rings is 2. The number of carbonyl (C=O) groups excluding carboxylic acids is 1. The van der Waals surface area contributed by atoms with Gasteiger partial charge in [0.15, 0.2) is 0 Å². The number of methoxy groups -OCH3 is 1. The summed E-state index contributed by atoms with van der Waals surface area (Å²) in [5.41, 5.74) is 0.715. The van der Waals surface area contributed by atoms with E-state index in [9.17, 15) is 18.0 Å². The molecule has 0 atom stereocenters. The molecule has 0 spiro atoms. The van der Waals surface area contributed by atoms with Gasteiger partial charge >= 0.3 is 0 Å². The first-order valence-electron chi connectivity index (χ1n) is 10.0. The molecule has 4 rings (SSSR count). The number of hydrogen-bond donors (Lipinski definition) is 1. The third kappa shape index (κ3) is 4.49. The summed E-state index contributed by atoms with van der Waals surface area (Å²) in [6.07, 6.45) is 1.19. The van der Waals surface area contributed by atoms with Crippen LogP contribution in [-0.4, -0.2) is 31.0 Å².